The molecule has 3 aromatic rings. The summed E-state index contributed by atoms with van der Waals surface area (Å²) in [4.78, 5) is 14.8. The molecule has 2 heterocycles. The number of rotatable bonds is 4. The van der Waals surface area contributed by atoms with Gasteiger partial charge in [-0.15, -0.1) is 0 Å². The van der Waals surface area contributed by atoms with E-state index in [0.29, 0.717) is 23.5 Å². The Bertz CT molecular complexity index is 940. The zero-order valence-electron chi connectivity index (χ0n) is 12.3. The van der Waals surface area contributed by atoms with Gasteiger partial charge in [0, 0.05) is 18.1 Å². The van der Waals surface area contributed by atoms with Crippen LogP contribution in [0.3, 0.4) is 0 Å². The maximum absolute atomic E-state index is 10.9. The number of hydrogen-bond donors (Lipinski definition) is 0. The fourth-order valence-electron chi connectivity index (χ4n) is 2.46. The van der Waals surface area contributed by atoms with E-state index < -0.39 is 4.92 Å². The molecule has 0 saturated carbocycles. The Morgan fingerprint density at radius 2 is 2.13 bits per heavy atom. The maximum Gasteiger partial charge on any atom is 0.286 e. The largest absolute Gasteiger partial charge is 0.496 e. The Hall–Kier alpha value is -3.40. The van der Waals surface area contributed by atoms with Gasteiger partial charge in [-0.3, -0.25) is 14.5 Å². The zero-order valence-corrected chi connectivity index (χ0v) is 12.3. The first-order valence-corrected chi connectivity index (χ1v) is 6.81. The van der Waals surface area contributed by atoms with Crippen LogP contribution < -0.4 is 4.74 Å². The van der Waals surface area contributed by atoms with Gasteiger partial charge in [0.25, 0.3) is 5.69 Å². The second kappa shape index (κ2) is 5.77. The van der Waals surface area contributed by atoms with Crippen LogP contribution in [-0.2, 0) is 6.42 Å². The summed E-state index contributed by atoms with van der Waals surface area (Å²) in [6, 6.07) is 12.5. The standard InChI is InChI=1S/C16H12N4O3/c1-23-15-5-3-2-4-11(15)8-13-14(9-17)19-10-12(20(21)22)6-7-16(19)18-13/h2-7,10H,8H2,1H3. The highest BCUT2D eigenvalue weighted by Crippen LogP contribution is 2.24. The number of nitriles is 1. The average molecular weight is 308 g/mol. The van der Waals surface area contributed by atoms with Crippen LogP contribution in [0.1, 0.15) is 17.0 Å². The lowest BCUT2D eigenvalue weighted by Gasteiger charge is -2.06. The minimum Gasteiger partial charge on any atom is -0.496 e. The van der Waals surface area contributed by atoms with Crippen LogP contribution in [0.15, 0.2) is 42.6 Å². The Labute approximate surface area is 131 Å². The third-order valence-electron chi connectivity index (χ3n) is 3.54. The number of pyridine rings is 1. The number of ether oxygens (including phenoxy) is 1. The summed E-state index contributed by atoms with van der Waals surface area (Å²) in [6.07, 6.45) is 1.72. The molecule has 0 radical (unpaired) electrons. The molecule has 0 unspecified atom stereocenters. The van der Waals surface area contributed by atoms with Crippen molar-refractivity contribution in [2.24, 2.45) is 0 Å². The summed E-state index contributed by atoms with van der Waals surface area (Å²) in [6.45, 7) is 0. The number of para-hydroxylation sites is 1. The number of imidazole rings is 1. The van der Waals surface area contributed by atoms with Crippen LogP contribution >= 0.6 is 0 Å². The summed E-state index contributed by atoms with van der Waals surface area (Å²) in [5.74, 6) is 0.708. The van der Waals surface area contributed by atoms with E-state index in [1.807, 2.05) is 24.3 Å². The molecule has 0 bridgehead atoms. The van der Waals surface area contributed by atoms with Crippen molar-refractivity contribution >= 4 is 11.3 Å². The maximum atomic E-state index is 10.9. The monoisotopic (exact) mass is 308 g/mol. The second-order valence-electron chi connectivity index (χ2n) is 4.88. The van der Waals surface area contributed by atoms with Crippen molar-refractivity contribution in [1.82, 2.24) is 9.38 Å². The predicted octanol–water partition coefficient (Wildman–Crippen LogP) is 2.71. The van der Waals surface area contributed by atoms with Crippen molar-refractivity contribution in [2.45, 2.75) is 6.42 Å². The number of nitro groups is 1. The van der Waals surface area contributed by atoms with Crippen LogP contribution in [0, 0.1) is 21.4 Å². The summed E-state index contributed by atoms with van der Waals surface area (Å²) >= 11 is 0. The Morgan fingerprint density at radius 3 is 2.83 bits per heavy atom. The van der Waals surface area contributed by atoms with Crippen LogP contribution in [0.2, 0.25) is 0 Å². The first-order chi connectivity index (χ1) is 11.1. The molecule has 0 saturated heterocycles. The van der Waals surface area contributed by atoms with Crippen LogP contribution in [0.4, 0.5) is 5.69 Å². The summed E-state index contributed by atoms with van der Waals surface area (Å²) in [5.41, 5.74) is 2.14. The van der Waals surface area contributed by atoms with E-state index in [2.05, 4.69) is 11.1 Å². The minimum atomic E-state index is -0.500. The molecule has 2 aromatic heterocycles. The Kier molecular flexibility index (Phi) is 3.65. The van der Waals surface area contributed by atoms with Gasteiger partial charge in [-0.05, 0) is 12.1 Å². The number of methoxy groups -OCH3 is 1. The highest BCUT2D eigenvalue weighted by atomic mass is 16.6. The Morgan fingerprint density at radius 1 is 1.35 bits per heavy atom. The molecule has 0 aliphatic carbocycles. The molecule has 0 N–H and O–H groups in total. The Balaban J connectivity index is 2.11. The predicted molar refractivity (Wildman–Crippen MR) is 82.4 cm³/mol. The third kappa shape index (κ3) is 2.58. The molecule has 7 heteroatoms. The van der Waals surface area contributed by atoms with Crippen molar-refractivity contribution in [2.75, 3.05) is 7.11 Å². The van der Waals surface area contributed by atoms with E-state index in [9.17, 15) is 15.4 Å². The van der Waals surface area contributed by atoms with E-state index in [4.69, 9.17) is 4.74 Å². The van der Waals surface area contributed by atoms with Crippen molar-refractivity contribution in [3.63, 3.8) is 0 Å². The molecule has 23 heavy (non-hydrogen) atoms. The van der Waals surface area contributed by atoms with E-state index in [1.54, 1.807) is 7.11 Å². The normalized spacial score (nSPS) is 10.4. The van der Waals surface area contributed by atoms with Crippen molar-refractivity contribution < 1.29 is 9.66 Å². The number of aromatic nitrogens is 2. The lowest BCUT2D eigenvalue weighted by Crippen LogP contribution is -1.97. The van der Waals surface area contributed by atoms with Gasteiger partial charge in [0.15, 0.2) is 0 Å². The average Bonchev–Trinajstić information content (AvgIpc) is 2.91. The van der Waals surface area contributed by atoms with Crippen LogP contribution in [-0.4, -0.2) is 21.4 Å². The van der Waals surface area contributed by atoms with Gasteiger partial charge in [0.1, 0.15) is 23.2 Å². The van der Waals surface area contributed by atoms with Gasteiger partial charge in [0.2, 0.25) is 0 Å². The number of benzene rings is 1. The van der Waals surface area contributed by atoms with Gasteiger partial charge >= 0.3 is 0 Å². The van der Waals surface area contributed by atoms with Gasteiger partial charge in [0.05, 0.1) is 23.9 Å². The van der Waals surface area contributed by atoms with Gasteiger partial charge in [-0.1, -0.05) is 18.2 Å². The molecule has 0 spiro atoms. The van der Waals surface area contributed by atoms with Crippen LogP contribution in [0.25, 0.3) is 5.65 Å². The van der Waals surface area contributed by atoms with Gasteiger partial charge in [-0.25, -0.2) is 4.98 Å². The van der Waals surface area contributed by atoms with E-state index in [1.165, 1.54) is 22.7 Å². The van der Waals surface area contributed by atoms with Crippen LogP contribution in [0.5, 0.6) is 5.75 Å². The van der Waals surface area contributed by atoms with Crippen molar-refractivity contribution in [1.29, 1.82) is 5.26 Å². The fraction of sp³-hybridized carbons (Fsp3) is 0.125. The molecule has 0 atom stereocenters. The van der Waals surface area contributed by atoms with E-state index >= 15 is 0 Å². The van der Waals surface area contributed by atoms with Gasteiger partial charge < -0.3 is 4.74 Å². The molecule has 0 fully saturated rings. The summed E-state index contributed by atoms with van der Waals surface area (Å²) < 4.78 is 6.76. The number of hydrogen-bond acceptors (Lipinski definition) is 5. The SMILES string of the molecule is COc1ccccc1Cc1nc2ccc([N+](=O)[O-])cn2c1C#N. The molecule has 0 aliphatic rings. The van der Waals surface area contributed by atoms with E-state index in [0.717, 1.165) is 5.56 Å². The summed E-state index contributed by atoms with van der Waals surface area (Å²) in [5, 5.41) is 20.3. The minimum absolute atomic E-state index is 0.0877. The van der Waals surface area contributed by atoms with Gasteiger partial charge in [-0.2, -0.15) is 5.26 Å². The number of fused-ring (bicyclic) bond motifs is 1. The summed E-state index contributed by atoms with van der Waals surface area (Å²) in [7, 11) is 1.58. The smallest absolute Gasteiger partial charge is 0.286 e. The zero-order chi connectivity index (χ0) is 16.4. The topological polar surface area (TPSA) is 93.5 Å². The lowest BCUT2D eigenvalue weighted by atomic mass is 10.1. The second-order valence-corrected chi connectivity index (χ2v) is 4.88. The highest BCUT2D eigenvalue weighted by molar-refractivity contribution is 5.52. The fourth-order valence-corrected chi connectivity index (χ4v) is 2.46. The molecule has 114 valence electrons. The first-order valence-electron chi connectivity index (χ1n) is 6.81. The molecular weight excluding hydrogens is 296 g/mol. The lowest BCUT2D eigenvalue weighted by molar-refractivity contribution is -0.385. The first kappa shape index (κ1) is 14.5. The molecular formula is C16H12N4O3. The molecule has 7 nitrogen and oxygen atoms in total. The quantitative estimate of drug-likeness (QED) is 0.545. The molecule has 1 aromatic carbocycles. The third-order valence-corrected chi connectivity index (χ3v) is 3.54. The highest BCUT2D eigenvalue weighted by Gasteiger charge is 2.16. The molecule has 0 aliphatic heterocycles. The van der Waals surface area contributed by atoms with E-state index in [-0.39, 0.29) is 11.4 Å². The van der Waals surface area contributed by atoms with Crippen molar-refractivity contribution in [3.05, 3.63) is 69.7 Å². The molecule has 3 rings (SSSR count). The van der Waals surface area contributed by atoms with Crippen molar-refractivity contribution in [3.8, 4) is 11.8 Å². The number of nitrogens with zero attached hydrogens (tertiary/aromatic N) is 4. The molecule has 0 amide bonds.